The average Bonchev–Trinajstić information content (AvgIpc) is 2.14. The second kappa shape index (κ2) is 5.14. The van der Waals surface area contributed by atoms with E-state index in [0.717, 1.165) is 6.08 Å². The fourth-order valence-electron chi connectivity index (χ4n) is 1.10. The van der Waals surface area contributed by atoms with E-state index in [9.17, 15) is 9.18 Å². The Morgan fingerprint density at radius 3 is 2.87 bits per heavy atom. The van der Waals surface area contributed by atoms with Crippen molar-refractivity contribution in [2.75, 3.05) is 6.61 Å². The maximum atomic E-state index is 13.0. The van der Waals surface area contributed by atoms with Gasteiger partial charge in [-0.05, 0) is 30.7 Å². The van der Waals surface area contributed by atoms with Crippen molar-refractivity contribution in [1.82, 2.24) is 0 Å². The molecule has 0 aliphatic rings. The zero-order valence-electron chi connectivity index (χ0n) is 8.24. The van der Waals surface area contributed by atoms with Crippen LogP contribution in [0.2, 0.25) is 0 Å². The minimum atomic E-state index is -1.07. The van der Waals surface area contributed by atoms with Gasteiger partial charge in [-0.2, -0.15) is 0 Å². The molecule has 0 saturated carbocycles. The summed E-state index contributed by atoms with van der Waals surface area (Å²) < 4.78 is 18.1. The molecule has 1 aromatic rings. The van der Waals surface area contributed by atoms with Gasteiger partial charge >= 0.3 is 5.97 Å². The van der Waals surface area contributed by atoms with Crippen LogP contribution in [-0.4, -0.2) is 17.7 Å². The van der Waals surface area contributed by atoms with Crippen LogP contribution in [0.5, 0.6) is 5.75 Å². The minimum Gasteiger partial charge on any atom is -0.494 e. The van der Waals surface area contributed by atoms with E-state index >= 15 is 0 Å². The fraction of sp³-hybridized carbons (Fsp3) is 0.182. The van der Waals surface area contributed by atoms with E-state index in [1.165, 1.54) is 18.2 Å². The molecule has 1 N–H and O–H groups in total. The van der Waals surface area contributed by atoms with Crippen molar-refractivity contribution < 1.29 is 19.0 Å². The van der Waals surface area contributed by atoms with Gasteiger partial charge in [0.2, 0.25) is 0 Å². The first-order valence-electron chi connectivity index (χ1n) is 4.46. The van der Waals surface area contributed by atoms with Gasteiger partial charge in [-0.25, -0.2) is 9.18 Å². The molecule has 1 aromatic carbocycles. The number of aliphatic carboxylic acids is 1. The first-order chi connectivity index (χ1) is 7.11. The Labute approximate surface area is 86.8 Å². The lowest BCUT2D eigenvalue weighted by atomic mass is 10.2. The number of ether oxygens (including phenoxy) is 1. The predicted molar refractivity (Wildman–Crippen MR) is 54.2 cm³/mol. The van der Waals surface area contributed by atoms with Crippen LogP contribution in [0.4, 0.5) is 4.39 Å². The Kier molecular flexibility index (Phi) is 3.85. The van der Waals surface area contributed by atoms with Crippen LogP contribution in [-0.2, 0) is 4.79 Å². The van der Waals surface area contributed by atoms with Crippen LogP contribution < -0.4 is 4.74 Å². The fourth-order valence-corrected chi connectivity index (χ4v) is 1.10. The Bertz CT molecular complexity index is 385. The molecule has 0 bridgehead atoms. The number of carbonyl (C=O) groups is 1. The average molecular weight is 210 g/mol. The monoisotopic (exact) mass is 210 g/mol. The van der Waals surface area contributed by atoms with Gasteiger partial charge < -0.3 is 9.84 Å². The van der Waals surface area contributed by atoms with Gasteiger partial charge in [-0.3, -0.25) is 0 Å². The summed E-state index contributed by atoms with van der Waals surface area (Å²) in [6, 6.07) is 4.07. The van der Waals surface area contributed by atoms with E-state index in [1.54, 1.807) is 13.0 Å². The first-order valence-corrected chi connectivity index (χ1v) is 4.46. The van der Waals surface area contributed by atoms with E-state index in [2.05, 4.69) is 0 Å². The molecule has 0 unspecified atom stereocenters. The Hall–Kier alpha value is -1.84. The summed E-state index contributed by atoms with van der Waals surface area (Å²) in [6.07, 6.45) is 2.26. The molecule has 0 heterocycles. The van der Waals surface area contributed by atoms with Gasteiger partial charge in [0.15, 0.2) is 0 Å². The summed E-state index contributed by atoms with van der Waals surface area (Å²) in [4.78, 5) is 10.3. The lowest BCUT2D eigenvalue weighted by Crippen LogP contribution is -1.93. The van der Waals surface area contributed by atoms with Gasteiger partial charge in [0.1, 0.15) is 11.6 Å². The molecule has 0 aliphatic carbocycles. The Morgan fingerprint density at radius 1 is 1.53 bits per heavy atom. The minimum absolute atomic E-state index is 0.391. The largest absolute Gasteiger partial charge is 0.494 e. The van der Waals surface area contributed by atoms with Crippen LogP contribution in [0.15, 0.2) is 24.3 Å². The Morgan fingerprint density at radius 2 is 2.27 bits per heavy atom. The highest BCUT2D eigenvalue weighted by atomic mass is 19.1. The SMILES string of the molecule is CCOc1cc(F)cc(C=CC(=O)O)c1. The number of hydrogen-bond acceptors (Lipinski definition) is 2. The number of hydrogen-bond donors (Lipinski definition) is 1. The van der Waals surface area contributed by atoms with Crippen LogP contribution >= 0.6 is 0 Å². The van der Waals surface area contributed by atoms with Crippen LogP contribution in [0.1, 0.15) is 12.5 Å². The van der Waals surface area contributed by atoms with Crippen molar-refractivity contribution >= 4 is 12.0 Å². The molecule has 0 fully saturated rings. The van der Waals surface area contributed by atoms with E-state index in [0.29, 0.717) is 17.9 Å². The molecule has 0 radical (unpaired) electrons. The number of benzene rings is 1. The molecule has 1 rings (SSSR count). The lowest BCUT2D eigenvalue weighted by molar-refractivity contribution is -0.131. The van der Waals surface area contributed by atoms with Crippen LogP contribution in [0.25, 0.3) is 6.08 Å². The number of halogens is 1. The maximum Gasteiger partial charge on any atom is 0.328 e. The zero-order chi connectivity index (χ0) is 11.3. The molecular weight excluding hydrogens is 199 g/mol. The normalized spacial score (nSPS) is 10.5. The predicted octanol–water partition coefficient (Wildman–Crippen LogP) is 2.32. The van der Waals surface area contributed by atoms with Crippen molar-refractivity contribution in [2.45, 2.75) is 6.92 Å². The highest BCUT2D eigenvalue weighted by molar-refractivity contribution is 5.85. The number of carboxylic acid groups (broad SMARTS) is 1. The summed E-state index contributed by atoms with van der Waals surface area (Å²) in [5.74, 6) is -1.13. The maximum absolute atomic E-state index is 13.0. The summed E-state index contributed by atoms with van der Waals surface area (Å²) in [5.41, 5.74) is 0.459. The topological polar surface area (TPSA) is 46.5 Å². The molecule has 0 aromatic heterocycles. The van der Waals surface area contributed by atoms with Crippen LogP contribution in [0.3, 0.4) is 0 Å². The molecule has 0 aliphatic heterocycles. The molecule has 0 atom stereocenters. The van der Waals surface area contributed by atoms with Gasteiger partial charge in [-0.1, -0.05) is 0 Å². The number of rotatable bonds is 4. The van der Waals surface area contributed by atoms with Gasteiger partial charge in [0, 0.05) is 12.1 Å². The Balaban J connectivity index is 2.93. The van der Waals surface area contributed by atoms with Gasteiger partial charge in [0.25, 0.3) is 0 Å². The molecule has 80 valence electrons. The third kappa shape index (κ3) is 3.81. The van der Waals surface area contributed by atoms with Crippen molar-refractivity contribution in [3.63, 3.8) is 0 Å². The summed E-state index contributed by atoms with van der Waals surface area (Å²) in [6.45, 7) is 2.23. The number of carboxylic acids is 1. The summed E-state index contributed by atoms with van der Waals surface area (Å²) in [5, 5.41) is 8.40. The molecule has 0 saturated heterocycles. The smallest absolute Gasteiger partial charge is 0.328 e. The van der Waals surface area contributed by atoms with Crippen molar-refractivity contribution in [3.8, 4) is 5.75 Å². The van der Waals surface area contributed by atoms with E-state index in [-0.39, 0.29) is 0 Å². The molecule has 0 amide bonds. The first kappa shape index (κ1) is 11.2. The molecule has 15 heavy (non-hydrogen) atoms. The highest BCUT2D eigenvalue weighted by Gasteiger charge is 1.99. The van der Waals surface area contributed by atoms with Crippen LogP contribution in [0, 0.1) is 5.82 Å². The summed E-state index contributed by atoms with van der Waals surface area (Å²) in [7, 11) is 0. The summed E-state index contributed by atoms with van der Waals surface area (Å²) >= 11 is 0. The lowest BCUT2D eigenvalue weighted by Gasteiger charge is -2.03. The molecule has 0 spiro atoms. The van der Waals surface area contributed by atoms with Crippen molar-refractivity contribution in [2.24, 2.45) is 0 Å². The van der Waals surface area contributed by atoms with Crippen molar-refractivity contribution in [3.05, 3.63) is 35.7 Å². The second-order valence-corrected chi connectivity index (χ2v) is 2.82. The quantitative estimate of drug-likeness (QED) is 0.776. The molecular formula is C11H11FO3. The zero-order valence-corrected chi connectivity index (χ0v) is 8.24. The second-order valence-electron chi connectivity index (χ2n) is 2.82. The van der Waals surface area contributed by atoms with E-state index in [1.807, 2.05) is 0 Å². The molecule has 3 nitrogen and oxygen atoms in total. The third-order valence-electron chi connectivity index (χ3n) is 1.62. The van der Waals surface area contributed by atoms with E-state index < -0.39 is 11.8 Å². The van der Waals surface area contributed by atoms with Gasteiger partial charge in [0.05, 0.1) is 6.61 Å². The van der Waals surface area contributed by atoms with Gasteiger partial charge in [-0.15, -0.1) is 0 Å². The van der Waals surface area contributed by atoms with Crippen molar-refractivity contribution in [1.29, 1.82) is 0 Å². The molecule has 4 heteroatoms. The van der Waals surface area contributed by atoms with E-state index in [4.69, 9.17) is 9.84 Å². The third-order valence-corrected chi connectivity index (χ3v) is 1.62. The standard InChI is InChI=1S/C11H11FO3/c1-2-15-10-6-8(3-4-11(13)14)5-9(12)7-10/h3-7H,2H2,1H3,(H,13,14). The highest BCUT2D eigenvalue weighted by Crippen LogP contribution is 2.17.